The summed E-state index contributed by atoms with van der Waals surface area (Å²) < 4.78 is 27.2. The van der Waals surface area contributed by atoms with Gasteiger partial charge < -0.3 is 5.11 Å². The van der Waals surface area contributed by atoms with E-state index in [0.29, 0.717) is 12.1 Å². The molecule has 0 spiro atoms. The standard InChI is InChI=1S/C13H19NO4S2/c1-9-7-10(19-11(9)12(15)16)20(17,18)14-8-13(2)5-3-4-6-13/h7,14H,3-6,8H2,1-2H3,(H,15,16). The highest BCUT2D eigenvalue weighted by Crippen LogP contribution is 2.37. The summed E-state index contributed by atoms with van der Waals surface area (Å²) in [4.78, 5) is 11.1. The number of carboxylic acid groups (broad SMARTS) is 1. The zero-order chi connectivity index (χ0) is 15.0. The van der Waals surface area contributed by atoms with E-state index in [2.05, 4.69) is 11.6 Å². The van der Waals surface area contributed by atoms with Gasteiger partial charge in [0.25, 0.3) is 0 Å². The van der Waals surface area contributed by atoms with Gasteiger partial charge >= 0.3 is 5.97 Å². The second-order valence-electron chi connectivity index (χ2n) is 5.73. The molecule has 1 fully saturated rings. The van der Waals surface area contributed by atoms with Crippen LogP contribution < -0.4 is 4.72 Å². The Morgan fingerprint density at radius 2 is 2.05 bits per heavy atom. The minimum atomic E-state index is -3.62. The lowest BCUT2D eigenvalue weighted by Crippen LogP contribution is -2.33. The van der Waals surface area contributed by atoms with E-state index in [1.807, 2.05) is 0 Å². The van der Waals surface area contributed by atoms with Crippen molar-refractivity contribution in [2.45, 2.75) is 43.7 Å². The minimum Gasteiger partial charge on any atom is -0.477 e. The molecule has 1 saturated carbocycles. The van der Waals surface area contributed by atoms with Crippen LogP contribution in [0.1, 0.15) is 47.8 Å². The summed E-state index contributed by atoms with van der Waals surface area (Å²) in [6.07, 6.45) is 4.33. The number of thiophene rings is 1. The maximum atomic E-state index is 12.2. The van der Waals surface area contributed by atoms with Gasteiger partial charge in [-0.25, -0.2) is 17.9 Å². The summed E-state index contributed by atoms with van der Waals surface area (Å²) >= 11 is 0.806. The van der Waals surface area contributed by atoms with Crippen LogP contribution in [0.15, 0.2) is 10.3 Å². The van der Waals surface area contributed by atoms with Crippen LogP contribution in [0.5, 0.6) is 0 Å². The van der Waals surface area contributed by atoms with E-state index < -0.39 is 16.0 Å². The molecule has 2 rings (SSSR count). The summed E-state index contributed by atoms with van der Waals surface area (Å²) in [5, 5.41) is 8.98. The molecule has 0 bridgehead atoms. The summed E-state index contributed by atoms with van der Waals surface area (Å²) in [6.45, 7) is 4.11. The fourth-order valence-corrected chi connectivity index (χ4v) is 5.17. The number of aromatic carboxylic acids is 1. The Morgan fingerprint density at radius 3 is 2.55 bits per heavy atom. The average molecular weight is 317 g/mol. The summed E-state index contributed by atoms with van der Waals surface area (Å²) in [7, 11) is -3.62. The number of carbonyl (C=O) groups is 1. The first-order valence-electron chi connectivity index (χ1n) is 6.57. The number of sulfonamides is 1. The summed E-state index contributed by atoms with van der Waals surface area (Å²) in [6, 6.07) is 1.42. The number of rotatable bonds is 5. The van der Waals surface area contributed by atoms with Crippen LogP contribution in [0, 0.1) is 12.3 Å². The fraction of sp³-hybridized carbons (Fsp3) is 0.615. The Morgan fingerprint density at radius 1 is 1.45 bits per heavy atom. The Balaban J connectivity index is 2.14. The highest BCUT2D eigenvalue weighted by Gasteiger charge is 2.31. The van der Waals surface area contributed by atoms with E-state index in [4.69, 9.17) is 5.11 Å². The number of aryl methyl sites for hydroxylation is 1. The largest absolute Gasteiger partial charge is 0.477 e. The van der Waals surface area contributed by atoms with Gasteiger partial charge in [0, 0.05) is 6.54 Å². The van der Waals surface area contributed by atoms with E-state index in [1.165, 1.54) is 6.07 Å². The number of hydrogen-bond acceptors (Lipinski definition) is 4. The van der Waals surface area contributed by atoms with Crippen molar-refractivity contribution < 1.29 is 18.3 Å². The van der Waals surface area contributed by atoms with Crippen molar-refractivity contribution in [2.24, 2.45) is 5.41 Å². The van der Waals surface area contributed by atoms with Gasteiger partial charge in [0.2, 0.25) is 10.0 Å². The van der Waals surface area contributed by atoms with E-state index in [0.717, 1.165) is 37.0 Å². The van der Waals surface area contributed by atoms with Crippen LogP contribution in [-0.4, -0.2) is 26.0 Å². The molecule has 0 radical (unpaired) electrons. The molecule has 5 nitrogen and oxygen atoms in total. The smallest absolute Gasteiger partial charge is 0.346 e. The Bertz CT molecular complexity index is 612. The van der Waals surface area contributed by atoms with Gasteiger partial charge in [-0.2, -0.15) is 0 Å². The summed E-state index contributed by atoms with van der Waals surface area (Å²) in [5.41, 5.74) is 0.504. The van der Waals surface area contributed by atoms with Crippen LogP contribution >= 0.6 is 11.3 Å². The molecule has 0 amide bonds. The van der Waals surface area contributed by atoms with Crippen molar-refractivity contribution in [3.05, 3.63) is 16.5 Å². The topological polar surface area (TPSA) is 83.5 Å². The molecular formula is C13H19NO4S2. The molecule has 1 heterocycles. The number of nitrogens with one attached hydrogen (secondary N) is 1. The van der Waals surface area contributed by atoms with Crippen molar-refractivity contribution in [3.8, 4) is 0 Å². The molecule has 2 N–H and O–H groups in total. The molecule has 0 aromatic carbocycles. The lowest BCUT2D eigenvalue weighted by molar-refractivity contribution is 0.0701. The average Bonchev–Trinajstić information content (AvgIpc) is 2.94. The maximum absolute atomic E-state index is 12.2. The predicted octanol–water partition coefficient (Wildman–Crippen LogP) is 2.61. The van der Waals surface area contributed by atoms with Crippen LogP contribution in [0.3, 0.4) is 0 Å². The van der Waals surface area contributed by atoms with Crippen molar-refractivity contribution in [2.75, 3.05) is 6.54 Å². The van der Waals surface area contributed by atoms with Crippen molar-refractivity contribution >= 4 is 27.3 Å². The first-order valence-corrected chi connectivity index (χ1v) is 8.87. The van der Waals surface area contributed by atoms with Gasteiger partial charge in [0.05, 0.1) is 0 Å². The zero-order valence-corrected chi connectivity index (χ0v) is 13.2. The maximum Gasteiger partial charge on any atom is 0.346 e. The second kappa shape index (κ2) is 5.46. The van der Waals surface area contributed by atoms with Crippen molar-refractivity contribution in [3.63, 3.8) is 0 Å². The Kier molecular flexibility index (Phi) is 4.22. The first kappa shape index (κ1) is 15.5. The third-order valence-corrected chi connectivity index (χ3v) is 6.95. The molecule has 0 atom stereocenters. The van der Waals surface area contributed by atoms with E-state index in [9.17, 15) is 13.2 Å². The molecule has 1 aliphatic carbocycles. The Labute approximate surface area is 123 Å². The lowest BCUT2D eigenvalue weighted by atomic mass is 9.89. The third-order valence-electron chi connectivity index (χ3n) is 3.85. The molecule has 20 heavy (non-hydrogen) atoms. The van der Waals surface area contributed by atoms with E-state index in [-0.39, 0.29) is 14.5 Å². The van der Waals surface area contributed by atoms with E-state index in [1.54, 1.807) is 6.92 Å². The SMILES string of the molecule is Cc1cc(S(=O)(=O)NCC2(C)CCCC2)sc1C(=O)O. The minimum absolute atomic E-state index is 0.0228. The van der Waals surface area contributed by atoms with Crippen LogP contribution in [-0.2, 0) is 10.0 Å². The molecule has 0 saturated heterocycles. The zero-order valence-electron chi connectivity index (χ0n) is 11.6. The number of hydrogen-bond donors (Lipinski definition) is 2. The van der Waals surface area contributed by atoms with Gasteiger partial charge in [-0.1, -0.05) is 19.8 Å². The van der Waals surface area contributed by atoms with Crippen molar-refractivity contribution in [1.82, 2.24) is 4.72 Å². The molecule has 0 unspecified atom stereocenters. The predicted molar refractivity (Wildman–Crippen MR) is 77.8 cm³/mol. The van der Waals surface area contributed by atoms with Gasteiger partial charge in [-0.3, -0.25) is 0 Å². The summed E-state index contributed by atoms with van der Waals surface area (Å²) in [5.74, 6) is -1.09. The van der Waals surface area contributed by atoms with Gasteiger partial charge in [-0.15, -0.1) is 11.3 Å². The Hall–Kier alpha value is -0.920. The van der Waals surface area contributed by atoms with Gasteiger partial charge in [0.15, 0.2) is 0 Å². The lowest BCUT2D eigenvalue weighted by Gasteiger charge is -2.23. The molecule has 112 valence electrons. The molecule has 1 aromatic heterocycles. The monoisotopic (exact) mass is 317 g/mol. The highest BCUT2D eigenvalue weighted by atomic mass is 32.2. The molecule has 1 aliphatic rings. The van der Waals surface area contributed by atoms with Gasteiger partial charge in [0.1, 0.15) is 9.09 Å². The van der Waals surface area contributed by atoms with Gasteiger partial charge in [-0.05, 0) is 36.8 Å². The van der Waals surface area contributed by atoms with Crippen LogP contribution in [0.25, 0.3) is 0 Å². The van der Waals surface area contributed by atoms with E-state index >= 15 is 0 Å². The molecular weight excluding hydrogens is 298 g/mol. The molecule has 7 heteroatoms. The van der Waals surface area contributed by atoms with Crippen molar-refractivity contribution in [1.29, 1.82) is 0 Å². The quantitative estimate of drug-likeness (QED) is 0.874. The fourth-order valence-electron chi connectivity index (χ4n) is 2.54. The second-order valence-corrected chi connectivity index (χ2v) is 8.77. The van der Waals surface area contributed by atoms with Crippen LogP contribution in [0.4, 0.5) is 0 Å². The molecule has 1 aromatic rings. The first-order chi connectivity index (χ1) is 9.23. The normalized spacial score (nSPS) is 18.3. The molecule has 0 aliphatic heterocycles. The highest BCUT2D eigenvalue weighted by molar-refractivity contribution is 7.91. The number of carboxylic acids is 1. The van der Waals surface area contributed by atoms with Crippen LogP contribution in [0.2, 0.25) is 0 Å². The third kappa shape index (κ3) is 3.21.